The van der Waals surface area contributed by atoms with Crippen molar-refractivity contribution in [2.45, 2.75) is 50.0 Å². The zero-order chi connectivity index (χ0) is 41.5. The van der Waals surface area contributed by atoms with Crippen LogP contribution in [0.25, 0.3) is 82.7 Å². The second-order valence-corrected chi connectivity index (χ2v) is 18.1. The average molecular weight is 809 g/mol. The third kappa shape index (κ3) is 5.44. The van der Waals surface area contributed by atoms with Crippen molar-refractivity contribution in [1.29, 1.82) is 0 Å². The van der Waals surface area contributed by atoms with Gasteiger partial charge < -0.3 is 9.13 Å². The molecule has 3 aliphatic carbocycles. The van der Waals surface area contributed by atoms with Crippen molar-refractivity contribution < 1.29 is 0 Å². The molecule has 0 N–H and O–H groups in total. The molecule has 13 rings (SSSR count). The van der Waals surface area contributed by atoms with Crippen molar-refractivity contribution in [3.8, 4) is 33.4 Å². The van der Waals surface area contributed by atoms with Crippen LogP contribution in [-0.4, -0.2) is 9.13 Å². The van der Waals surface area contributed by atoms with Crippen molar-refractivity contribution >= 4 is 49.3 Å². The normalized spacial score (nSPS) is 17.9. The standard InChI is InChI=1S/C61H48N2/c1-4-18-41(19-5-1)42-32-35-57-51(38-42)52-40-44(33-36-58(52)62(57)46-22-8-3-9-23-46)43-34-37-59-50(39-43)49-26-12-16-30-56(49)63(59)60-31-17-15-29-55(60)61(45-20-6-2-7-21-45)53-27-13-10-24-47(53)48-25-11-14-28-54(48)61/h1-8,10-14,16,18-22,24-28,30,32-40,55,60H,9,15,17,23,29,31H2. The van der Waals surface area contributed by atoms with Crippen LogP contribution < -0.4 is 0 Å². The Bertz CT molecular complexity index is 3420. The van der Waals surface area contributed by atoms with E-state index in [1.807, 2.05) is 0 Å². The Morgan fingerprint density at radius 2 is 0.984 bits per heavy atom. The van der Waals surface area contributed by atoms with Gasteiger partial charge in [-0.15, -0.1) is 0 Å². The lowest BCUT2D eigenvalue weighted by atomic mass is 9.58. The summed E-state index contributed by atoms with van der Waals surface area (Å²) in [5.41, 5.74) is 18.4. The highest BCUT2D eigenvalue weighted by molar-refractivity contribution is 6.13. The number of hydrogen-bond acceptors (Lipinski definition) is 0. The van der Waals surface area contributed by atoms with Crippen LogP contribution in [-0.2, 0) is 5.41 Å². The lowest BCUT2D eigenvalue weighted by molar-refractivity contribution is 0.189. The number of hydrogen-bond donors (Lipinski definition) is 0. The molecule has 2 atom stereocenters. The predicted molar refractivity (Wildman–Crippen MR) is 265 cm³/mol. The quantitative estimate of drug-likeness (QED) is 0.158. The minimum atomic E-state index is -0.268. The molecule has 2 aromatic heterocycles. The van der Waals surface area contributed by atoms with E-state index in [1.165, 1.54) is 119 Å². The maximum absolute atomic E-state index is 2.78. The van der Waals surface area contributed by atoms with Gasteiger partial charge in [0.1, 0.15) is 0 Å². The molecule has 0 saturated heterocycles. The van der Waals surface area contributed by atoms with E-state index in [4.69, 9.17) is 0 Å². The minimum absolute atomic E-state index is 0.268. The van der Waals surface area contributed by atoms with E-state index in [1.54, 1.807) is 0 Å². The molecule has 1 fully saturated rings. The molecule has 0 aliphatic heterocycles. The number of fused-ring (bicyclic) bond motifs is 9. The van der Waals surface area contributed by atoms with Gasteiger partial charge in [-0.25, -0.2) is 0 Å². The first-order valence-electron chi connectivity index (χ1n) is 23.0. The molecule has 0 amide bonds. The maximum atomic E-state index is 2.78. The summed E-state index contributed by atoms with van der Waals surface area (Å²) in [6.07, 6.45) is 13.7. The van der Waals surface area contributed by atoms with E-state index >= 15 is 0 Å². The molecule has 0 bridgehead atoms. The van der Waals surface area contributed by atoms with Crippen molar-refractivity contribution in [2.24, 2.45) is 5.92 Å². The number of aromatic nitrogens is 2. The zero-order valence-corrected chi connectivity index (χ0v) is 35.4. The summed E-state index contributed by atoms with van der Waals surface area (Å²) in [6.45, 7) is 0. The Hall–Kier alpha value is -7.16. The maximum Gasteiger partial charge on any atom is 0.0538 e. The van der Waals surface area contributed by atoms with E-state index in [9.17, 15) is 0 Å². The highest BCUT2D eigenvalue weighted by Crippen LogP contribution is 2.61. The fourth-order valence-electron chi connectivity index (χ4n) is 12.5. The molecule has 0 radical (unpaired) electrons. The van der Waals surface area contributed by atoms with E-state index in [-0.39, 0.29) is 5.41 Å². The molecule has 2 heterocycles. The van der Waals surface area contributed by atoms with Gasteiger partial charge in [-0.2, -0.15) is 0 Å². The minimum Gasteiger partial charge on any atom is -0.337 e. The Labute approximate surface area is 369 Å². The first-order valence-corrected chi connectivity index (χ1v) is 23.0. The van der Waals surface area contributed by atoms with Crippen LogP contribution in [0.1, 0.15) is 61.3 Å². The zero-order valence-electron chi connectivity index (χ0n) is 35.4. The molecule has 3 aliphatic rings. The van der Waals surface area contributed by atoms with E-state index in [0.717, 1.165) is 19.3 Å². The van der Waals surface area contributed by atoms with Gasteiger partial charge in [0.15, 0.2) is 0 Å². The van der Waals surface area contributed by atoms with E-state index in [2.05, 4.69) is 215 Å². The second-order valence-electron chi connectivity index (χ2n) is 18.1. The third-order valence-corrected chi connectivity index (χ3v) is 15.0. The number of rotatable bonds is 6. The SMILES string of the molecule is C1=CCCC(n2c3ccc(-c4ccccc4)cc3c3cc(-c4ccc5c(c4)c4ccccc4n5C4CCCCC4C4(c5ccccc5)c5ccccc5-c5ccccc54)ccc32)=C1. The molecule has 302 valence electrons. The van der Waals surface area contributed by atoms with Crippen molar-refractivity contribution in [3.63, 3.8) is 0 Å². The summed E-state index contributed by atoms with van der Waals surface area (Å²) < 4.78 is 5.29. The number of para-hydroxylation sites is 1. The first-order chi connectivity index (χ1) is 31.3. The molecule has 1 saturated carbocycles. The van der Waals surface area contributed by atoms with E-state index < -0.39 is 0 Å². The highest BCUT2D eigenvalue weighted by atomic mass is 15.0. The van der Waals surface area contributed by atoms with Crippen LogP contribution in [0.3, 0.4) is 0 Å². The molecule has 63 heavy (non-hydrogen) atoms. The van der Waals surface area contributed by atoms with Crippen molar-refractivity contribution in [3.05, 3.63) is 223 Å². The summed E-state index contributed by atoms with van der Waals surface area (Å²) in [4.78, 5) is 0. The Balaban J connectivity index is 0.996. The lowest BCUT2D eigenvalue weighted by Gasteiger charge is -2.47. The molecule has 0 spiro atoms. The van der Waals surface area contributed by atoms with Crippen LogP contribution in [0.2, 0.25) is 0 Å². The Kier molecular flexibility index (Phi) is 8.38. The van der Waals surface area contributed by atoms with Crippen LogP contribution in [0.5, 0.6) is 0 Å². The van der Waals surface area contributed by atoms with Gasteiger partial charge in [0, 0.05) is 44.3 Å². The predicted octanol–water partition coefficient (Wildman–Crippen LogP) is 16.2. The lowest BCUT2D eigenvalue weighted by Crippen LogP contribution is -2.42. The number of benzene rings is 8. The van der Waals surface area contributed by atoms with E-state index in [0.29, 0.717) is 12.0 Å². The highest BCUT2D eigenvalue weighted by Gasteiger charge is 2.53. The van der Waals surface area contributed by atoms with Gasteiger partial charge in [0.25, 0.3) is 0 Å². The summed E-state index contributed by atoms with van der Waals surface area (Å²) in [5, 5.41) is 5.27. The van der Waals surface area contributed by atoms with Gasteiger partial charge >= 0.3 is 0 Å². The fraction of sp³-hybridized carbons (Fsp3) is 0.148. The Morgan fingerprint density at radius 1 is 0.444 bits per heavy atom. The molecule has 2 unspecified atom stereocenters. The van der Waals surface area contributed by atoms with Gasteiger partial charge in [0.2, 0.25) is 0 Å². The summed E-state index contributed by atoms with van der Waals surface area (Å²) >= 11 is 0. The summed E-state index contributed by atoms with van der Waals surface area (Å²) in [5.74, 6) is 0.354. The smallest absolute Gasteiger partial charge is 0.0538 e. The monoisotopic (exact) mass is 808 g/mol. The van der Waals surface area contributed by atoms with Crippen LogP contribution in [0.15, 0.2) is 206 Å². The van der Waals surface area contributed by atoms with Gasteiger partial charge in [-0.05, 0) is 130 Å². The topological polar surface area (TPSA) is 9.86 Å². The second kappa shape index (κ2) is 14.5. The van der Waals surface area contributed by atoms with Crippen LogP contribution in [0, 0.1) is 5.92 Å². The molecular formula is C61H48N2. The average Bonchev–Trinajstić information content (AvgIpc) is 3.98. The van der Waals surface area contributed by atoms with Gasteiger partial charge in [-0.1, -0.05) is 171 Å². The van der Waals surface area contributed by atoms with Gasteiger partial charge in [-0.3, -0.25) is 0 Å². The molecule has 2 heteroatoms. The fourth-order valence-corrected chi connectivity index (χ4v) is 12.5. The summed E-state index contributed by atoms with van der Waals surface area (Å²) in [7, 11) is 0. The number of nitrogens with zero attached hydrogens (tertiary/aromatic N) is 2. The largest absolute Gasteiger partial charge is 0.337 e. The third-order valence-electron chi connectivity index (χ3n) is 15.0. The first kappa shape index (κ1) is 36.5. The van der Waals surface area contributed by atoms with Crippen LogP contribution >= 0.6 is 0 Å². The molecular weight excluding hydrogens is 761 g/mol. The van der Waals surface area contributed by atoms with Gasteiger partial charge in [0.05, 0.1) is 16.4 Å². The molecule has 2 nitrogen and oxygen atoms in total. The van der Waals surface area contributed by atoms with Crippen molar-refractivity contribution in [2.75, 3.05) is 0 Å². The Morgan fingerprint density at radius 3 is 1.65 bits per heavy atom. The van der Waals surface area contributed by atoms with Crippen molar-refractivity contribution in [1.82, 2.24) is 9.13 Å². The van der Waals surface area contributed by atoms with Crippen LogP contribution in [0.4, 0.5) is 0 Å². The molecule has 8 aromatic carbocycles. The number of allylic oxidation sites excluding steroid dienone is 4. The molecule has 10 aromatic rings. The summed E-state index contributed by atoms with van der Waals surface area (Å²) in [6, 6.07) is 71.9.